The maximum atomic E-state index is 10.0. The van der Waals surface area contributed by atoms with Crippen molar-refractivity contribution in [2.75, 3.05) is 0 Å². The molecule has 0 saturated carbocycles. The summed E-state index contributed by atoms with van der Waals surface area (Å²) in [6, 6.07) is 59.3. The molecule has 0 atom stereocenters. The minimum absolute atomic E-state index is 0.365. The van der Waals surface area contributed by atoms with Crippen molar-refractivity contribution >= 4 is 10.0 Å². The molecule has 0 saturated heterocycles. The average Bonchev–Trinajstić information content (AvgIpc) is 3.16. The third kappa shape index (κ3) is 5.34. The minimum Gasteiger partial charge on any atom is -0.208 e. The van der Waals surface area contributed by atoms with Crippen molar-refractivity contribution in [3.63, 3.8) is 0 Å². The summed E-state index contributed by atoms with van der Waals surface area (Å²) < 4.78 is 0. The van der Waals surface area contributed by atoms with Gasteiger partial charge < -0.3 is 0 Å². The Morgan fingerprint density at radius 3 is 1.09 bits per heavy atom. The van der Waals surface area contributed by atoms with E-state index in [1.165, 1.54) is 14.7 Å². The van der Waals surface area contributed by atoms with Gasteiger partial charge in [0.05, 0.1) is 23.3 Å². The van der Waals surface area contributed by atoms with Crippen LogP contribution in [0.4, 0.5) is 0 Å². The number of nitriles is 2. The number of rotatable bonds is 7. The van der Waals surface area contributed by atoms with Gasteiger partial charge >= 0.3 is 0 Å². The number of aromatic nitrogens is 3. The van der Waals surface area contributed by atoms with Gasteiger partial charge in [-0.25, -0.2) is 15.0 Å². The fourth-order valence-corrected chi connectivity index (χ4v) is 9.92. The first-order valence-electron chi connectivity index (χ1n) is 15.1. The minimum atomic E-state index is -2.08. The summed E-state index contributed by atoms with van der Waals surface area (Å²) in [7, 11) is -2.08. The van der Waals surface area contributed by atoms with Gasteiger partial charge in [0.2, 0.25) is 0 Å². The van der Waals surface area contributed by atoms with Crippen molar-refractivity contribution in [1.29, 1.82) is 10.5 Å². The first kappa shape index (κ1) is 29.4. The van der Waals surface area contributed by atoms with Crippen LogP contribution < -0.4 is 0 Å². The molecule has 1 heterocycles. The second-order valence-corrected chi connectivity index (χ2v) is 13.7. The first-order chi connectivity index (χ1) is 23.2. The van der Waals surface area contributed by atoms with Crippen LogP contribution in [0, 0.1) is 22.7 Å². The van der Waals surface area contributed by atoms with Crippen molar-refractivity contribution in [3.05, 3.63) is 175 Å². The van der Waals surface area contributed by atoms with Gasteiger partial charge in [-0.3, -0.25) is 0 Å². The van der Waals surface area contributed by atoms with Gasteiger partial charge in [-0.1, -0.05) is 97.1 Å². The molecule has 5 nitrogen and oxygen atoms in total. The molecule has 0 aliphatic carbocycles. The van der Waals surface area contributed by atoms with E-state index in [2.05, 4.69) is 103 Å². The normalized spacial score (nSPS) is 11.3. The molecule has 0 amide bonds. The Morgan fingerprint density at radius 1 is 0.362 bits per heavy atom. The van der Waals surface area contributed by atoms with E-state index in [9.17, 15) is 10.5 Å². The fraction of sp³-hybridized carbons (Fsp3) is 0. The van der Waals surface area contributed by atoms with Crippen LogP contribution in [-0.2, 0) is 0 Å². The van der Waals surface area contributed by atoms with Crippen LogP contribution in [0.2, 0.25) is 0 Å². The van der Waals surface area contributed by atoms with Crippen LogP contribution in [-0.4, -0.2) is 15.0 Å². The highest BCUT2D eigenvalue weighted by molar-refractivity contribution is 8.34. The molecule has 1 aromatic heterocycles. The smallest absolute Gasteiger partial charge is 0.165 e. The Balaban J connectivity index is 1.59. The summed E-state index contributed by atoms with van der Waals surface area (Å²) in [6.45, 7) is 0. The molecule has 0 fully saturated rings. The second kappa shape index (κ2) is 12.9. The monoisotopic (exact) mass is 621 g/mol. The highest BCUT2D eigenvalue weighted by Gasteiger charge is 2.35. The van der Waals surface area contributed by atoms with Crippen LogP contribution in [0.1, 0.15) is 11.1 Å². The average molecular weight is 622 g/mol. The maximum absolute atomic E-state index is 10.0. The van der Waals surface area contributed by atoms with E-state index < -0.39 is 10.0 Å². The zero-order valence-electron chi connectivity index (χ0n) is 25.2. The van der Waals surface area contributed by atoms with Crippen LogP contribution >= 0.6 is 10.0 Å². The molecule has 0 N–H and O–H groups in total. The van der Waals surface area contributed by atoms with Crippen LogP contribution in [0.5, 0.6) is 0 Å². The number of benzene rings is 6. The summed E-state index contributed by atoms with van der Waals surface area (Å²) in [5, 5.41) is 20.0. The number of nitrogens with zero attached hydrogens (tertiary/aromatic N) is 5. The number of hydrogen-bond donors (Lipinski definition) is 0. The Labute approximate surface area is 275 Å². The van der Waals surface area contributed by atoms with Crippen molar-refractivity contribution in [3.8, 4) is 46.3 Å². The standard InChI is InChI=1S/C41H27N5S/c42-28-30-16-10-12-24-35(30)39-44-40(36-25-13-11-17-31(36)29-43)46-41(45-39)37-26-14-15-27-38(37)47(32-18-4-1-5-19-32,33-20-6-2-7-21-33)34-22-8-3-9-23-34/h1-27H. The van der Waals surface area contributed by atoms with Crippen LogP contribution in [0.25, 0.3) is 34.2 Å². The highest BCUT2D eigenvalue weighted by atomic mass is 32.3. The molecule has 0 radical (unpaired) electrons. The van der Waals surface area contributed by atoms with E-state index in [0.29, 0.717) is 39.7 Å². The molecule has 222 valence electrons. The zero-order valence-corrected chi connectivity index (χ0v) is 26.0. The van der Waals surface area contributed by atoms with Gasteiger partial charge in [0.15, 0.2) is 17.5 Å². The lowest BCUT2D eigenvalue weighted by molar-refractivity contribution is 1.06. The van der Waals surface area contributed by atoms with Crippen LogP contribution in [0.3, 0.4) is 0 Å². The third-order valence-corrected chi connectivity index (χ3v) is 11.9. The van der Waals surface area contributed by atoms with Gasteiger partial charge in [0.25, 0.3) is 0 Å². The summed E-state index contributed by atoms with van der Waals surface area (Å²) in [5.41, 5.74) is 2.94. The molecule has 0 unspecified atom stereocenters. The topological polar surface area (TPSA) is 86.2 Å². The zero-order chi connectivity index (χ0) is 32.1. The molecular formula is C41H27N5S. The lowest BCUT2D eigenvalue weighted by atomic mass is 10.1. The highest BCUT2D eigenvalue weighted by Crippen LogP contribution is 2.74. The fourth-order valence-electron chi connectivity index (χ4n) is 5.87. The van der Waals surface area contributed by atoms with Crippen molar-refractivity contribution in [2.45, 2.75) is 19.6 Å². The quantitative estimate of drug-likeness (QED) is 0.177. The van der Waals surface area contributed by atoms with Crippen molar-refractivity contribution < 1.29 is 0 Å². The van der Waals surface area contributed by atoms with E-state index in [1.54, 1.807) is 12.1 Å². The van der Waals surface area contributed by atoms with Gasteiger partial charge in [0.1, 0.15) is 0 Å². The summed E-state index contributed by atoms with van der Waals surface area (Å²) in [4.78, 5) is 19.6. The largest absolute Gasteiger partial charge is 0.208 e. The molecule has 6 heteroatoms. The van der Waals surface area contributed by atoms with Crippen molar-refractivity contribution in [1.82, 2.24) is 15.0 Å². The van der Waals surface area contributed by atoms with E-state index in [-0.39, 0.29) is 0 Å². The van der Waals surface area contributed by atoms with Gasteiger partial charge in [0, 0.05) is 36.3 Å². The predicted octanol–water partition coefficient (Wildman–Crippen LogP) is 9.96. The lowest BCUT2D eigenvalue weighted by Crippen LogP contribution is -2.08. The molecule has 0 aliphatic rings. The molecule has 0 aliphatic heterocycles. The summed E-state index contributed by atoms with van der Waals surface area (Å²) in [5.74, 6) is 1.19. The Bertz CT molecular complexity index is 2100. The summed E-state index contributed by atoms with van der Waals surface area (Å²) in [6.07, 6.45) is 0. The Hall–Kier alpha value is -6.34. The van der Waals surface area contributed by atoms with Gasteiger partial charge in [-0.05, 0) is 66.7 Å². The third-order valence-electron chi connectivity index (χ3n) is 7.96. The molecule has 0 bridgehead atoms. The lowest BCUT2D eigenvalue weighted by Gasteiger charge is -2.43. The van der Waals surface area contributed by atoms with E-state index in [1.807, 2.05) is 60.7 Å². The van der Waals surface area contributed by atoms with Gasteiger partial charge in [-0.2, -0.15) is 10.5 Å². The predicted molar refractivity (Wildman–Crippen MR) is 186 cm³/mol. The Kier molecular flexibility index (Phi) is 8.09. The first-order valence-corrected chi connectivity index (χ1v) is 16.7. The van der Waals surface area contributed by atoms with Crippen LogP contribution in [0.15, 0.2) is 183 Å². The van der Waals surface area contributed by atoms with E-state index in [4.69, 9.17) is 15.0 Å². The SMILES string of the molecule is N#Cc1ccccc1-c1nc(-c2ccccc2C#N)nc(-c2ccccc2S(c2ccccc2)(c2ccccc2)c2ccccc2)n1. The van der Waals surface area contributed by atoms with E-state index >= 15 is 0 Å². The molecule has 47 heavy (non-hydrogen) atoms. The second-order valence-electron chi connectivity index (χ2n) is 10.7. The van der Waals surface area contributed by atoms with E-state index in [0.717, 1.165) is 10.5 Å². The molecule has 7 aromatic rings. The number of hydrogen-bond acceptors (Lipinski definition) is 5. The molecule has 0 spiro atoms. The maximum Gasteiger partial charge on any atom is 0.165 e. The summed E-state index contributed by atoms with van der Waals surface area (Å²) >= 11 is 0. The van der Waals surface area contributed by atoms with Gasteiger partial charge in [-0.15, -0.1) is 10.0 Å². The molecular weight excluding hydrogens is 595 g/mol. The Morgan fingerprint density at radius 2 is 0.681 bits per heavy atom. The molecule has 6 aromatic carbocycles. The van der Waals surface area contributed by atoms with Crippen molar-refractivity contribution in [2.24, 2.45) is 0 Å². The molecule has 7 rings (SSSR count).